The number of halogens is 4. The minimum Gasteiger partial charge on any atom is -0.350 e. The number of aromatic nitrogens is 4. The molecule has 137 valence electrons. The molecule has 0 amide bonds. The second-order valence-corrected chi connectivity index (χ2v) is 6.37. The predicted molar refractivity (Wildman–Crippen MR) is 97.7 cm³/mol. The lowest BCUT2D eigenvalue weighted by atomic mass is 10.1. The SMILES string of the molecule is [CH2]Cc1ccc(-n2c(-c3c[nH]cn3)nc3cc(C(F)(F)F)c(Cl)cc32)cc1. The molecule has 4 aromatic rings. The smallest absolute Gasteiger partial charge is 0.350 e. The van der Waals surface area contributed by atoms with E-state index in [1.165, 1.54) is 12.4 Å². The Labute approximate surface area is 157 Å². The molecule has 0 aliphatic rings. The zero-order chi connectivity index (χ0) is 19.2. The van der Waals surface area contributed by atoms with Crippen LogP contribution in [0.3, 0.4) is 0 Å². The topological polar surface area (TPSA) is 46.5 Å². The van der Waals surface area contributed by atoms with Gasteiger partial charge < -0.3 is 4.98 Å². The molecule has 2 aromatic carbocycles. The third kappa shape index (κ3) is 3.08. The normalized spacial score (nSPS) is 12.0. The number of rotatable bonds is 3. The first-order valence-corrected chi connectivity index (χ1v) is 8.43. The van der Waals surface area contributed by atoms with Gasteiger partial charge in [0.1, 0.15) is 5.69 Å². The van der Waals surface area contributed by atoms with Crippen LogP contribution in [0, 0.1) is 6.92 Å². The fourth-order valence-corrected chi connectivity index (χ4v) is 3.21. The fourth-order valence-electron chi connectivity index (χ4n) is 2.94. The Hall–Kier alpha value is -2.80. The molecule has 4 nitrogen and oxygen atoms in total. The highest BCUT2D eigenvalue weighted by atomic mass is 35.5. The van der Waals surface area contributed by atoms with E-state index in [9.17, 15) is 13.2 Å². The lowest BCUT2D eigenvalue weighted by molar-refractivity contribution is -0.137. The number of nitrogens with zero attached hydrogens (tertiary/aromatic N) is 3. The van der Waals surface area contributed by atoms with Gasteiger partial charge >= 0.3 is 6.18 Å². The van der Waals surface area contributed by atoms with Crippen LogP contribution >= 0.6 is 11.6 Å². The van der Waals surface area contributed by atoms with Crippen LogP contribution in [0.2, 0.25) is 5.02 Å². The zero-order valence-electron chi connectivity index (χ0n) is 13.9. The van der Waals surface area contributed by atoms with Crippen molar-refractivity contribution in [1.82, 2.24) is 19.5 Å². The number of alkyl halides is 3. The lowest BCUT2D eigenvalue weighted by Gasteiger charge is -2.11. The van der Waals surface area contributed by atoms with Crippen LogP contribution in [-0.4, -0.2) is 19.5 Å². The first kappa shape index (κ1) is 17.6. The molecular weight excluding hydrogens is 377 g/mol. The minimum absolute atomic E-state index is 0.186. The molecule has 0 saturated carbocycles. The van der Waals surface area contributed by atoms with E-state index in [2.05, 4.69) is 21.9 Å². The molecule has 0 aliphatic heterocycles. The number of fused-ring (bicyclic) bond motifs is 1. The minimum atomic E-state index is -4.56. The first-order chi connectivity index (χ1) is 12.9. The van der Waals surface area contributed by atoms with Crippen molar-refractivity contribution in [3.05, 3.63) is 72.0 Å². The van der Waals surface area contributed by atoms with Crippen molar-refractivity contribution < 1.29 is 13.2 Å². The molecule has 0 fully saturated rings. The van der Waals surface area contributed by atoms with Crippen LogP contribution in [0.1, 0.15) is 11.1 Å². The van der Waals surface area contributed by atoms with Crippen LogP contribution in [0.4, 0.5) is 13.2 Å². The standard InChI is InChI=1S/C19H13ClF3N4/c1-2-11-3-5-12(6-4-11)27-17-8-14(20)13(19(21,22)23)7-15(17)26-18(27)16-9-24-10-25-16/h3-10H,1-2H2,(H,24,25). The van der Waals surface area contributed by atoms with E-state index in [4.69, 9.17) is 11.6 Å². The summed E-state index contributed by atoms with van der Waals surface area (Å²) in [5.74, 6) is 0.420. The summed E-state index contributed by atoms with van der Waals surface area (Å²) in [4.78, 5) is 11.4. The summed E-state index contributed by atoms with van der Waals surface area (Å²) < 4.78 is 41.4. The van der Waals surface area contributed by atoms with E-state index in [1.807, 2.05) is 24.3 Å². The van der Waals surface area contributed by atoms with Crippen LogP contribution in [-0.2, 0) is 12.6 Å². The summed E-state index contributed by atoms with van der Waals surface area (Å²) >= 11 is 5.94. The number of H-pyrrole nitrogens is 1. The third-order valence-electron chi connectivity index (χ3n) is 4.26. The van der Waals surface area contributed by atoms with Gasteiger partial charge in [-0.1, -0.05) is 23.7 Å². The van der Waals surface area contributed by atoms with Crippen molar-refractivity contribution in [3.63, 3.8) is 0 Å². The average molecular weight is 390 g/mol. The van der Waals surface area contributed by atoms with Crippen molar-refractivity contribution in [3.8, 4) is 17.2 Å². The zero-order valence-corrected chi connectivity index (χ0v) is 14.6. The first-order valence-electron chi connectivity index (χ1n) is 8.05. The van der Waals surface area contributed by atoms with Gasteiger partial charge in [0.05, 0.1) is 27.9 Å². The Kier molecular flexibility index (Phi) is 4.19. The van der Waals surface area contributed by atoms with Gasteiger partial charge in [-0.3, -0.25) is 4.57 Å². The summed E-state index contributed by atoms with van der Waals surface area (Å²) in [7, 11) is 0. The monoisotopic (exact) mass is 389 g/mol. The molecule has 0 aliphatic carbocycles. The molecule has 1 radical (unpaired) electrons. The number of imidazole rings is 2. The molecule has 2 aromatic heterocycles. The van der Waals surface area contributed by atoms with Crippen LogP contribution in [0.15, 0.2) is 48.9 Å². The number of hydrogen-bond acceptors (Lipinski definition) is 2. The number of nitrogens with one attached hydrogen (secondary N) is 1. The second kappa shape index (κ2) is 6.42. The van der Waals surface area contributed by atoms with Crippen LogP contribution in [0.25, 0.3) is 28.2 Å². The number of aromatic amines is 1. The van der Waals surface area contributed by atoms with Crippen molar-refractivity contribution in [2.75, 3.05) is 0 Å². The van der Waals surface area contributed by atoms with Crippen LogP contribution < -0.4 is 0 Å². The summed E-state index contributed by atoms with van der Waals surface area (Å²) in [6.45, 7) is 3.84. The Morgan fingerprint density at radius 1 is 1.15 bits per heavy atom. The maximum absolute atomic E-state index is 13.2. The molecule has 4 rings (SSSR count). The lowest BCUT2D eigenvalue weighted by Crippen LogP contribution is -2.06. The molecule has 2 heterocycles. The van der Waals surface area contributed by atoms with Gasteiger partial charge in [0.25, 0.3) is 0 Å². The summed E-state index contributed by atoms with van der Waals surface area (Å²) in [5, 5.41) is -0.376. The molecule has 27 heavy (non-hydrogen) atoms. The molecule has 1 N–H and O–H groups in total. The quantitative estimate of drug-likeness (QED) is 0.505. The Morgan fingerprint density at radius 2 is 1.89 bits per heavy atom. The molecule has 0 spiro atoms. The van der Waals surface area contributed by atoms with Gasteiger partial charge in [0.15, 0.2) is 5.82 Å². The van der Waals surface area contributed by atoms with E-state index in [0.717, 1.165) is 17.3 Å². The van der Waals surface area contributed by atoms with E-state index in [0.29, 0.717) is 23.5 Å². The van der Waals surface area contributed by atoms with E-state index >= 15 is 0 Å². The maximum atomic E-state index is 13.2. The van der Waals surface area contributed by atoms with Crippen molar-refractivity contribution in [2.24, 2.45) is 0 Å². The molecule has 0 atom stereocenters. The van der Waals surface area contributed by atoms with Gasteiger partial charge in [-0.2, -0.15) is 13.2 Å². The molecule has 0 saturated heterocycles. The molecule has 0 unspecified atom stereocenters. The number of benzene rings is 2. The van der Waals surface area contributed by atoms with E-state index in [-0.39, 0.29) is 10.5 Å². The van der Waals surface area contributed by atoms with Gasteiger partial charge in [0.2, 0.25) is 0 Å². The predicted octanol–water partition coefficient (Wildman–Crippen LogP) is 5.46. The maximum Gasteiger partial charge on any atom is 0.417 e. The third-order valence-corrected chi connectivity index (χ3v) is 4.57. The van der Waals surface area contributed by atoms with Crippen molar-refractivity contribution in [2.45, 2.75) is 12.6 Å². The fraction of sp³-hybridized carbons (Fsp3) is 0.105. The van der Waals surface area contributed by atoms with Gasteiger partial charge in [-0.25, -0.2) is 9.97 Å². The highest BCUT2D eigenvalue weighted by molar-refractivity contribution is 6.32. The second-order valence-electron chi connectivity index (χ2n) is 5.96. The van der Waals surface area contributed by atoms with Crippen LogP contribution in [0.5, 0.6) is 0 Å². The highest BCUT2D eigenvalue weighted by Crippen LogP contribution is 2.38. The van der Waals surface area contributed by atoms with Gasteiger partial charge in [-0.05, 0) is 43.2 Å². The van der Waals surface area contributed by atoms with E-state index < -0.39 is 11.7 Å². The van der Waals surface area contributed by atoms with Gasteiger partial charge in [-0.15, -0.1) is 0 Å². The molecular formula is C19H13ClF3N4. The van der Waals surface area contributed by atoms with Gasteiger partial charge in [0, 0.05) is 11.9 Å². The Morgan fingerprint density at radius 3 is 2.48 bits per heavy atom. The summed E-state index contributed by atoms with van der Waals surface area (Å²) in [6.07, 6.45) is -0.803. The Bertz CT molecular complexity index is 1100. The van der Waals surface area contributed by atoms with E-state index in [1.54, 1.807) is 10.8 Å². The van der Waals surface area contributed by atoms with Crippen molar-refractivity contribution >= 4 is 22.6 Å². The summed E-state index contributed by atoms with van der Waals surface area (Å²) in [6, 6.07) is 9.81. The molecule has 0 bridgehead atoms. The average Bonchev–Trinajstić information content (AvgIpc) is 3.27. The molecule has 8 heteroatoms. The van der Waals surface area contributed by atoms with Crippen molar-refractivity contribution in [1.29, 1.82) is 0 Å². The highest BCUT2D eigenvalue weighted by Gasteiger charge is 2.34. The number of hydrogen-bond donors (Lipinski definition) is 1. The summed E-state index contributed by atoms with van der Waals surface area (Å²) in [5.41, 5.74) is 2.03. The largest absolute Gasteiger partial charge is 0.417 e. The Balaban J connectivity index is 2.02.